The van der Waals surface area contributed by atoms with Crippen LogP contribution >= 0.6 is 0 Å². The fourth-order valence-corrected chi connectivity index (χ4v) is 4.44. The van der Waals surface area contributed by atoms with Gasteiger partial charge in [0.1, 0.15) is 5.82 Å². The zero-order valence-electron chi connectivity index (χ0n) is 14.3. The molecule has 3 heterocycles. The van der Waals surface area contributed by atoms with Crippen molar-refractivity contribution in [2.45, 2.75) is 49.5 Å². The summed E-state index contributed by atoms with van der Waals surface area (Å²) in [5.41, 5.74) is -0.198. The maximum atomic E-state index is 11.9. The van der Waals surface area contributed by atoms with Crippen LogP contribution < -0.4 is 10.3 Å². The van der Waals surface area contributed by atoms with E-state index in [9.17, 15) is 9.90 Å². The minimum atomic E-state index is -0.481. The van der Waals surface area contributed by atoms with E-state index >= 15 is 0 Å². The number of aromatic amines is 1. The summed E-state index contributed by atoms with van der Waals surface area (Å²) in [5.74, 6) is 1.66. The Labute approximate surface area is 149 Å². The lowest BCUT2D eigenvalue weighted by Gasteiger charge is -2.49. The Balaban J connectivity index is 1.56. The topological polar surface area (TPSA) is 92.5 Å². The van der Waals surface area contributed by atoms with Gasteiger partial charge in [-0.2, -0.15) is 0 Å². The van der Waals surface area contributed by atoms with Crippen molar-refractivity contribution < 1.29 is 9.84 Å². The Morgan fingerprint density at radius 3 is 2.50 bits per heavy atom. The first-order chi connectivity index (χ1) is 12.6. The van der Waals surface area contributed by atoms with E-state index in [4.69, 9.17) is 4.74 Å². The Morgan fingerprint density at radius 1 is 1.04 bits per heavy atom. The van der Waals surface area contributed by atoms with Crippen LogP contribution in [0.1, 0.15) is 44.3 Å². The standard InChI is InChI=1S/C19H20N4O3/c24-16-14(3-1-11-20-16)26-13-4-2-12-23-15(13)21-22-17(23)18-5-8-19(25,9-6-18)10-7-18/h1-4,11-12,25H,5-10H2,(H,20,24). The second-order valence-corrected chi connectivity index (χ2v) is 7.56. The molecule has 3 aliphatic rings. The molecule has 0 atom stereocenters. The van der Waals surface area contributed by atoms with E-state index in [1.165, 1.54) is 0 Å². The molecule has 0 amide bonds. The molecule has 2 bridgehead atoms. The lowest BCUT2D eigenvalue weighted by Crippen LogP contribution is -2.48. The average Bonchev–Trinajstić information content (AvgIpc) is 3.11. The summed E-state index contributed by atoms with van der Waals surface area (Å²) in [6.07, 6.45) is 8.73. The minimum absolute atomic E-state index is 0.0350. The van der Waals surface area contributed by atoms with Crippen LogP contribution in [0.2, 0.25) is 0 Å². The zero-order chi connectivity index (χ0) is 17.8. The third kappa shape index (κ3) is 2.27. The van der Waals surface area contributed by atoms with E-state index < -0.39 is 5.60 Å². The number of pyridine rings is 2. The zero-order valence-corrected chi connectivity index (χ0v) is 14.3. The van der Waals surface area contributed by atoms with Crippen LogP contribution in [-0.4, -0.2) is 30.3 Å². The van der Waals surface area contributed by atoms with Gasteiger partial charge in [-0.25, -0.2) is 0 Å². The summed E-state index contributed by atoms with van der Waals surface area (Å²) in [6, 6.07) is 7.01. The van der Waals surface area contributed by atoms with Gasteiger partial charge in [0, 0.05) is 17.8 Å². The average molecular weight is 352 g/mol. The maximum Gasteiger partial charge on any atom is 0.290 e. The molecule has 0 saturated heterocycles. The lowest BCUT2D eigenvalue weighted by atomic mass is 9.58. The van der Waals surface area contributed by atoms with E-state index in [1.807, 2.05) is 16.7 Å². The molecule has 0 aromatic carbocycles. The molecule has 0 unspecified atom stereocenters. The van der Waals surface area contributed by atoms with E-state index in [1.54, 1.807) is 24.4 Å². The predicted octanol–water partition coefficient (Wildman–Crippen LogP) is 2.55. The molecule has 6 rings (SSSR count). The monoisotopic (exact) mass is 352 g/mol. The van der Waals surface area contributed by atoms with Gasteiger partial charge in [-0.3, -0.25) is 9.20 Å². The number of aliphatic hydroxyl groups is 1. The van der Waals surface area contributed by atoms with E-state index in [-0.39, 0.29) is 16.7 Å². The molecule has 3 saturated carbocycles. The van der Waals surface area contributed by atoms with Gasteiger partial charge in [0.2, 0.25) is 5.65 Å². The molecule has 7 nitrogen and oxygen atoms in total. The first kappa shape index (κ1) is 15.6. The molecule has 3 fully saturated rings. The number of H-pyrrole nitrogens is 1. The largest absolute Gasteiger partial charge is 0.448 e. The SMILES string of the molecule is O=c1[nH]cccc1Oc1cccn2c(C34CCC(O)(CC3)CC4)nnc12. The van der Waals surface area contributed by atoms with Crippen molar-refractivity contribution in [3.8, 4) is 11.5 Å². The summed E-state index contributed by atoms with van der Waals surface area (Å²) < 4.78 is 7.78. The van der Waals surface area contributed by atoms with Gasteiger partial charge >= 0.3 is 0 Å². The predicted molar refractivity (Wildman–Crippen MR) is 94.5 cm³/mol. The number of nitrogens with one attached hydrogen (secondary N) is 1. The van der Waals surface area contributed by atoms with Crippen molar-refractivity contribution >= 4 is 5.65 Å². The fourth-order valence-electron chi connectivity index (χ4n) is 4.44. The third-order valence-corrected chi connectivity index (χ3v) is 6.08. The smallest absolute Gasteiger partial charge is 0.290 e. The minimum Gasteiger partial charge on any atom is -0.448 e. The van der Waals surface area contributed by atoms with Crippen LogP contribution in [0.15, 0.2) is 41.5 Å². The van der Waals surface area contributed by atoms with E-state index in [0.29, 0.717) is 11.4 Å². The second-order valence-electron chi connectivity index (χ2n) is 7.56. The number of nitrogens with zero attached hydrogens (tertiary/aromatic N) is 3. The fraction of sp³-hybridized carbons (Fsp3) is 0.421. The third-order valence-electron chi connectivity index (χ3n) is 6.08. The molecule has 134 valence electrons. The molecule has 3 aromatic rings. The molecule has 0 radical (unpaired) electrons. The highest BCUT2D eigenvalue weighted by Crippen LogP contribution is 2.53. The first-order valence-electron chi connectivity index (χ1n) is 9.01. The summed E-state index contributed by atoms with van der Waals surface area (Å²) in [7, 11) is 0. The molecule has 0 spiro atoms. The lowest BCUT2D eigenvalue weighted by molar-refractivity contribution is -0.0682. The van der Waals surface area contributed by atoms with Crippen LogP contribution in [0, 0.1) is 0 Å². The van der Waals surface area contributed by atoms with Gasteiger partial charge in [-0.15, -0.1) is 10.2 Å². The van der Waals surface area contributed by atoms with Gasteiger partial charge in [0.15, 0.2) is 11.5 Å². The molecule has 0 aliphatic heterocycles. The first-order valence-corrected chi connectivity index (χ1v) is 9.01. The van der Waals surface area contributed by atoms with Crippen LogP contribution in [0.4, 0.5) is 0 Å². The highest BCUT2D eigenvalue weighted by Gasteiger charge is 2.50. The quantitative estimate of drug-likeness (QED) is 0.756. The normalized spacial score (nSPS) is 27.7. The Morgan fingerprint density at radius 2 is 1.77 bits per heavy atom. The van der Waals surface area contributed by atoms with Crippen molar-refractivity contribution in [3.05, 3.63) is 52.8 Å². The number of fused-ring (bicyclic) bond motifs is 4. The Hall–Kier alpha value is -2.67. The molecule has 26 heavy (non-hydrogen) atoms. The second kappa shape index (κ2) is 5.41. The van der Waals surface area contributed by atoms with Crippen molar-refractivity contribution in [2.75, 3.05) is 0 Å². The number of aromatic nitrogens is 4. The molecular weight excluding hydrogens is 332 g/mol. The van der Waals surface area contributed by atoms with Crippen LogP contribution in [0.5, 0.6) is 11.5 Å². The van der Waals surface area contributed by atoms with E-state index in [0.717, 1.165) is 44.3 Å². The van der Waals surface area contributed by atoms with Crippen LogP contribution in [-0.2, 0) is 5.41 Å². The van der Waals surface area contributed by atoms with Gasteiger partial charge in [-0.05, 0) is 62.8 Å². The van der Waals surface area contributed by atoms with Crippen molar-refractivity contribution in [3.63, 3.8) is 0 Å². The van der Waals surface area contributed by atoms with Crippen molar-refractivity contribution in [1.29, 1.82) is 0 Å². The molecular formula is C19H20N4O3. The molecule has 3 aliphatic carbocycles. The van der Waals surface area contributed by atoms with Crippen LogP contribution in [0.25, 0.3) is 5.65 Å². The molecule has 7 heteroatoms. The number of hydrogen-bond acceptors (Lipinski definition) is 5. The Kier molecular flexibility index (Phi) is 3.24. The van der Waals surface area contributed by atoms with Gasteiger partial charge in [0.25, 0.3) is 5.56 Å². The maximum absolute atomic E-state index is 11.9. The number of rotatable bonds is 3. The summed E-state index contributed by atoms with van der Waals surface area (Å²) in [4.78, 5) is 14.5. The summed E-state index contributed by atoms with van der Waals surface area (Å²) >= 11 is 0. The van der Waals surface area contributed by atoms with E-state index in [2.05, 4.69) is 15.2 Å². The van der Waals surface area contributed by atoms with Gasteiger partial charge in [-0.1, -0.05) is 0 Å². The van der Waals surface area contributed by atoms with Crippen molar-refractivity contribution in [2.24, 2.45) is 0 Å². The summed E-state index contributed by atoms with van der Waals surface area (Å²) in [5, 5.41) is 19.3. The highest BCUT2D eigenvalue weighted by molar-refractivity contribution is 5.55. The molecule has 3 aromatic heterocycles. The molecule has 2 N–H and O–H groups in total. The summed E-state index contributed by atoms with van der Waals surface area (Å²) in [6.45, 7) is 0. The number of ether oxygens (including phenoxy) is 1. The Bertz CT molecular complexity index is 1010. The van der Waals surface area contributed by atoms with Gasteiger partial charge in [0.05, 0.1) is 5.60 Å². The highest BCUT2D eigenvalue weighted by atomic mass is 16.5. The number of hydrogen-bond donors (Lipinski definition) is 2. The van der Waals surface area contributed by atoms with Crippen LogP contribution in [0.3, 0.4) is 0 Å². The van der Waals surface area contributed by atoms with Crippen molar-refractivity contribution in [1.82, 2.24) is 19.6 Å². The van der Waals surface area contributed by atoms with Gasteiger partial charge < -0.3 is 14.8 Å².